The Kier molecular flexibility index (Phi) is 4.09. The van der Waals surface area contributed by atoms with Crippen LogP contribution in [0.5, 0.6) is 0 Å². The molecule has 12 heteroatoms. The SMILES string of the molecule is [2H]c1c([2H])c([C@H]2[C@H](Nc3nc(SCCC)nc4c3nnn4[C@]3([2H])C([2H])([2H])[C@]([2H])(OC([2H])([2H])CO)[C@@]([2H])(O)[C@@]3([2H])O)C2([2H])[2H])c([2H])c(F)c1C. The summed E-state index contributed by atoms with van der Waals surface area (Å²) in [6.07, 6.45) is -17.8. The average Bonchev–Trinajstić information content (AvgIpc) is 3.29. The van der Waals surface area contributed by atoms with Crippen molar-refractivity contribution < 1.29 is 42.3 Å². The van der Waals surface area contributed by atoms with Gasteiger partial charge in [-0.3, -0.25) is 0 Å². The van der Waals surface area contributed by atoms with Gasteiger partial charge in [0.05, 0.1) is 37.6 Å². The minimum atomic E-state index is -4.14. The van der Waals surface area contributed by atoms with Crippen molar-refractivity contribution in [2.45, 2.75) is 74.4 Å². The number of halogens is 1. The molecule has 0 bridgehead atoms. The van der Waals surface area contributed by atoms with Crippen LogP contribution < -0.4 is 5.32 Å². The molecule has 2 aromatic heterocycles. The molecule has 2 saturated carbocycles. The van der Waals surface area contributed by atoms with Crippen LogP contribution in [-0.4, -0.2) is 83.5 Å². The molecule has 2 aliphatic carbocycles. The van der Waals surface area contributed by atoms with E-state index in [4.69, 9.17) is 22.6 Å². The molecule has 0 spiro atoms. The Morgan fingerprint density at radius 2 is 2.19 bits per heavy atom. The molecule has 4 N–H and O–H groups in total. The van der Waals surface area contributed by atoms with Crippen molar-refractivity contribution in [3.63, 3.8) is 0 Å². The van der Waals surface area contributed by atoms with Gasteiger partial charge in [-0.1, -0.05) is 36.0 Å². The summed E-state index contributed by atoms with van der Waals surface area (Å²) in [6, 6.07) is -6.93. The quantitative estimate of drug-likeness (QED) is 0.227. The smallest absolute Gasteiger partial charge is 0.191 e. The van der Waals surface area contributed by atoms with Gasteiger partial charge in [0, 0.05) is 29.6 Å². The number of thioether (sulfide) groups is 1. The van der Waals surface area contributed by atoms with E-state index in [2.05, 4.69) is 25.6 Å². The highest BCUT2D eigenvalue weighted by atomic mass is 32.2. The number of aromatic nitrogens is 5. The average molecular weight is 532 g/mol. The molecule has 0 unspecified atom stereocenters. The number of aliphatic hydroxyl groups excluding tert-OH is 1. The van der Waals surface area contributed by atoms with Crippen molar-refractivity contribution in [3.8, 4) is 0 Å². The number of benzene rings is 1. The Hall–Kier alpha value is -2.38. The standard InChI is InChI=1S/C24H31FN6O4S/c1-3-8-36-24-27-22(26-16-10-14(16)13-5-4-12(2)15(25)9-13)19-23(28-24)31(30-29-19)17-11-18(35-7-6-32)21(34)20(17)33/h4-5,9,14,16-18,20-21,32-34H,3,6-8,10-11H2,1-2H3,(H,26,27,28)/t14-,16+,17+,18-,20-,21+/m0/s1/i4D,5D,7D2,9D,10D2,11D2,17D,18D,20D,21D. The van der Waals surface area contributed by atoms with Crippen LogP contribution in [0.1, 0.15) is 67.0 Å². The van der Waals surface area contributed by atoms with Gasteiger partial charge in [0.15, 0.2) is 22.1 Å². The molecule has 0 amide bonds. The zero-order valence-electron chi connectivity index (χ0n) is 32.0. The Balaban J connectivity index is 1.68. The van der Waals surface area contributed by atoms with Gasteiger partial charge in [-0.15, -0.1) is 5.10 Å². The first-order valence-electron chi connectivity index (χ1n) is 17.4. The van der Waals surface area contributed by atoms with Crippen molar-refractivity contribution in [1.29, 1.82) is 0 Å². The summed E-state index contributed by atoms with van der Waals surface area (Å²) in [5, 5.41) is 41.7. The number of nitrogens with one attached hydrogen (secondary N) is 1. The maximum Gasteiger partial charge on any atom is 0.191 e. The zero-order valence-corrected chi connectivity index (χ0v) is 19.9. The molecule has 5 rings (SSSR count). The molecule has 0 aliphatic heterocycles. The number of fused-ring (bicyclic) bond motifs is 1. The molecule has 2 heterocycles. The number of nitrogens with zero attached hydrogens (tertiary/aromatic N) is 5. The lowest BCUT2D eigenvalue weighted by atomic mass is 10.1. The van der Waals surface area contributed by atoms with Gasteiger partial charge in [0.1, 0.15) is 18.0 Å². The molecule has 36 heavy (non-hydrogen) atoms. The molecule has 0 radical (unpaired) electrons. The molecule has 6 atom stereocenters. The predicted octanol–water partition coefficient (Wildman–Crippen LogP) is 2.18. The van der Waals surface area contributed by atoms with Crippen molar-refractivity contribution in [2.24, 2.45) is 0 Å². The monoisotopic (exact) mass is 531 g/mol. The van der Waals surface area contributed by atoms with Crippen molar-refractivity contribution in [2.75, 3.05) is 24.2 Å². The van der Waals surface area contributed by atoms with Crippen LogP contribution >= 0.6 is 11.8 Å². The predicted molar refractivity (Wildman–Crippen MR) is 133 cm³/mol. The summed E-state index contributed by atoms with van der Waals surface area (Å²) in [5.41, 5.74) is -1.69. The zero-order chi connectivity index (χ0) is 37.1. The van der Waals surface area contributed by atoms with Gasteiger partial charge in [0.25, 0.3) is 0 Å². The van der Waals surface area contributed by atoms with Crippen LogP contribution in [0.3, 0.4) is 0 Å². The van der Waals surface area contributed by atoms with Crippen LogP contribution in [0.25, 0.3) is 11.2 Å². The Morgan fingerprint density at radius 3 is 2.97 bits per heavy atom. The van der Waals surface area contributed by atoms with E-state index in [0.717, 1.165) is 11.8 Å². The summed E-state index contributed by atoms with van der Waals surface area (Å²) in [4.78, 5) is 8.55. The number of rotatable bonds is 10. The van der Waals surface area contributed by atoms with Crippen LogP contribution in [0.2, 0.25) is 0 Å². The second kappa shape index (κ2) is 10.5. The second-order valence-corrected chi connectivity index (χ2v) is 8.84. The van der Waals surface area contributed by atoms with Crippen LogP contribution in [-0.2, 0) is 4.74 Å². The van der Waals surface area contributed by atoms with Gasteiger partial charge >= 0.3 is 0 Å². The second-order valence-electron chi connectivity index (χ2n) is 7.78. The lowest BCUT2D eigenvalue weighted by Gasteiger charge is -2.17. The molecular weight excluding hydrogens is 487 g/mol. The maximum atomic E-state index is 14.8. The molecule has 3 aromatic rings. The number of hydrogen-bond acceptors (Lipinski definition) is 10. The third-order valence-electron chi connectivity index (χ3n) is 5.21. The van der Waals surface area contributed by atoms with E-state index in [1.807, 2.05) is 6.92 Å². The van der Waals surface area contributed by atoms with Gasteiger partial charge in [-0.2, -0.15) is 0 Å². The lowest BCUT2D eigenvalue weighted by Crippen LogP contribution is -2.33. The molecule has 0 saturated heterocycles. The first-order valence-corrected chi connectivity index (χ1v) is 11.9. The largest absolute Gasteiger partial charge is 0.394 e. The third-order valence-corrected chi connectivity index (χ3v) is 6.26. The summed E-state index contributed by atoms with van der Waals surface area (Å²) < 4.78 is 129. The highest BCUT2D eigenvalue weighted by Gasteiger charge is 2.45. The van der Waals surface area contributed by atoms with Gasteiger partial charge in [-0.05, 0) is 36.9 Å². The molecule has 194 valence electrons. The van der Waals surface area contributed by atoms with Crippen molar-refractivity contribution in [1.82, 2.24) is 25.0 Å². The van der Waals surface area contributed by atoms with E-state index in [-0.39, 0.29) is 26.8 Å². The van der Waals surface area contributed by atoms with Crippen LogP contribution in [0, 0.1) is 12.7 Å². The topological polar surface area (TPSA) is 138 Å². The summed E-state index contributed by atoms with van der Waals surface area (Å²) in [5.74, 6) is -2.36. The fourth-order valence-electron chi connectivity index (χ4n) is 3.36. The Bertz CT molecular complexity index is 1810. The van der Waals surface area contributed by atoms with Gasteiger partial charge in [-0.25, -0.2) is 19.0 Å². The van der Waals surface area contributed by atoms with Crippen molar-refractivity contribution >= 4 is 28.7 Å². The molecule has 2 aliphatic rings. The molecule has 10 nitrogen and oxygen atoms in total. The number of aliphatic hydroxyl groups is 3. The highest BCUT2D eigenvalue weighted by Crippen LogP contribution is 2.44. The fraction of sp³-hybridized carbons (Fsp3) is 0.583. The molecular formula is C24H31FN6O4S. The first-order chi connectivity index (χ1) is 22.3. The maximum absolute atomic E-state index is 14.8. The number of anilines is 1. The lowest BCUT2D eigenvalue weighted by molar-refractivity contribution is -0.0629. The number of ether oxygens (including phenoxy) is 1. The minimum absolute atomic E-state index is 0.114. The summed E-state index contributed by atoms with van der Waals surface area (Å²) in [6.45, 7) is -1.78. The third kappa shape index (κ3) is 4.92. The van der Waals surface area contributed by atoms with Gasteiger partial charge < -0.3 is 25.4 Å². The van der Waals surface area contributed by atoms with E-state index in [0.29, 0.717) is 12.2 Å². The Morgan fingerprint density at radius 1 is 1.36 bits per heavy atom. The Labute approximate surface area is 230 Å². The molecule has 1 aromatic carbocycles. The van der Waals surface area contributed by atoms with E-state index in [1.165, 1.54) is 6.92 Å². The fourth-order valence-corrected chi connectivity index (χ4v) is 4.05. The normalized spacial score (nSPS) is 44.2. The van der Waals surface area contributed by atoms with Gasteiger partial charge in [0.2, 0.25) is 0 Å². The summed E-state index contributed by atoms with van der Waals surface area (Å²) >= 11 is 1.02. The number of hydrogen-bond donors (Lipinski definition) is 4. The van der Waals surface area contributed by atoms with Crippen LogP contribution in [0.4, 0.5) is 10.2 Å². The van der Waals surface area contributed by atoms with E-state index in [9.17, 15) is 19.7 Å². The van der Waals surface area contributed by atoms with E-state index < -0.39 is 97.2 Å². The minimum Gasteiger partial charge on any atom is -0.394 e. The first kappa shape index (κ1) is 14.0. The van der Waals surface area contributed by atoms with Crippen LogP contribution in [0.15, 0.2) is 23.3 Å². The van der Waals surface area contributed by atoms with Crippen molar-refractivity contribution in [3.05, 3.63) is 35.1 Å². The van der Waals surface area contributed by atoms with E-state index >= 15 is 0 Å². The van der Waals surface area contributed by atoms with E-state index in [1.54, 1.807) is 0 Å². The molecule has 2 fully saturated rings. The highest BCUT2D eigenvalue weighted by molar-refractivity contribution is 7.99. The summed E-state index contributed by atoms with van der Waals surface area (Å²) in [7, 11) is 0.